The molecule has 1 aromatic heterocycles. The number of rotatable bonds is 5. The van der Waals surface area contributed by atoms with Crippen molar-refractivity contribution in [2.45, 2.75) is 19.4 Å². The van der Waals surface area contributed by atoms with Gasteiger partial charge in [0.15, 0.2) is 5.01 Å². The monoisotopic (exact) mass is 340 g/mol. The number of carbonyl (C=O) groups is 2. The number of urea groups is 1. The minimum atomic E-state index is -2.57. The summed E-state index contributed by atoms with van der Waals surface area (Å²) in [6, 6.07) is 4.80. The summed E-state index contributed by atoms with van der Waals surface area (Å²) in [4.78, 5) is 26.6. The lowest BCUT2D eigenvalue weighted by Crippen LogP contribution is -2.30. The van der Waals surface area contributed by atoms with Crippen LogP contribution in [0, 0.1) is 0 Å². The molecule has 0 saturated heterocycles. The van der Waals surface area contributed by atoms with E-state index < -0.39 is 24.4 Å². The molecule has 1 heterocycles. The van der Waals surface area contributed by atoms with Gasteiger partial charge in [-0.2, -0.15) is 0 Å². The van der Waals surface area contributed by atoms with Crippen molar-refractivity contribution in [1.82, 2.24) is 10.3 Å². The zero-order valence-electron chi connectivity index (χ0n) is 12.0. The smallest absolute Gasteiger partial charge is 0.320 e. The highest BCUT2D eigenvalue weighted by Gasteiger charge is 2.14. The van der Waals surface area contributed by atoms with Crippen LogP contribution in [-0.4, -0.2) is 16.9 Å². The summed E-state index contributed by atoms with van der Waals surface area (Å²) >= 11 is 0.942. The van der Waals surface area contributed by atoms with Gasteiger partial charge >= 0.3 is 6.03 Å². The highest BCUT2D eigenvalue weighted by molar-refractivity contribution is 7.17. The van der Waals surface area contributed by atoms with E-state index in [1.54, 1.807) is 13.0 Å². The Hall–Kier alpha value is -2.55. The maximum absolute atomic E-state index is 12.7. The summed E-state index contributed by atoms with van der Waals surface area (Å²) < 4.78 is 25.4. The zero-order valence-corrected chi connectivity index (χ0v) is 12.9. The Kier molecular flexibility index (Phi) is 5.22. The van der Waals surface area contributed by atoms with Gasteiger partial charge in [0.05, 0.1) is 12.2 Å². The molecule has 4 N–H and O–H groups in total. The van der Waals surface area contributed by atoms with Crippen LogP contribution in [0.25, 0.3) is 0 Å². The largest absolute Gasteiger partial charge is 0.364 e. The highest BCUT2D eigenvalue weighted by Crippen LogP contribution is 2.23. The summed E-state index contributed by atoms with van der Waals surface area (Å²) in [5.41, 5.74) is 5.52. The molecule has 6 nitrogen and oxygen atoms in total. The van der Waals surface area contributed by atoms with Gasteiger partial charge in [-0.1, -0.05) is 29.5 Å². The molecule has 0 fully saturated rings. The highest BCUT2D eigenvalue weighted by atomic mass is 32.1. The van der Waals surface area contributed by atoms with Gasteiger partial charge in [-0.25, -0.2) is 18.6 Å². The van der Waals surface area contributed by atoms with Gasteiger partial charge in [-0.3, -0.25) is 10.1 Å². The van der Waals surface area contributed by atoms with Crippen molar-refractivity contribution in [3.05, 3.63) is 46.6 Å². The number of hydrogen-bond acceptors (Lipinski definition) is 4. The molecule has 23 heavy (non-hydrogen) atoms. The van der Waals surface area contributed by atoms with Gasteiger partial charge in [0.1, 0.15) is 5.00 Å². The minimum absolute atomic E-state index is 0.0815. The Morgan fingerprint density at radius 2 is 2.00 bits per heavy atom. The summed E-state index contributed by atoms with van der Waals surface area (Å²) in [5.74, 6) is -0.680. The third-order valence-corrected chi connectivity index (χ3v) is 3.89. The van der Waals surface area contributed by atoms with Crippen LogP contribution in [0.5, 0.6) is 0 Å². The molecule has 122 valence electrons. The van der Waals surface area contributed by atoms with Gasteiger partial charge in [0.2, 0.25) is 0 Å². The molecule has 1 unspecified atom stereocenters. The van der Waals surface area contributed by atoms with Crippen LogP contribution < -0.4 is 16.4 Å². The number of anilines is 1. The number of hydrogen-bond donors (Lipinski definition) is 3. The molecule has 1 aromatic carbocycles. The number of aromatic nitrogens is 1. The number of nitrogens with one attached hydrogen (secondary N) is 2. The molecule has 1 atom stereocenters. The number of thiazole rings is 1. The second kappa shape index (κ2) is 7.14. The second-order valence-corrected chi connectivity index (χ2v) is 5.72. The molecule has 0 bridgehead atoms. The van der Waals surface area contributed by atoms with E-state index in [1.165, 1.54) is 24.4 Å². The molecule has 2 aromatic rings. The Balaban J connectivity index is 1.98. The number of halogens is 2. The second-order valence-electron chi connectivity index (χ2n) is 4.68. The number of amides is 3. The Labute approximate surface area is 134 Å². The first-order valence-corrected chi connectivity index (χ1v) is 7.39. The fourth-order valence-corrected chi connectivity index (χ4v) is 2.50. The van der Waals surface area contributed by atoms with Crippen LogP contribution in [-0.2, 0) is 0 Å². The number of nitrogens with two attached hydrogens (primary N) is 1. The lowest BCUT2D eigenvalue weighted by molar-refractivity contribution is 0.1000. The molecule has 0 radical (unpaired) electrons. The van der Waals surface area contributed by atoms with E-state index in [2.05, 4.69) is 15.6 Å². The zero-order chi connectivity index (χ0) is 17.0. The molecule has 0 saturated carbocycles. The summed E-state index contributed by atoms with van der Waals surface area (Å²) in [6.07, 6.45) is -1.26. The molecule has 9 heteroatoms. The topological polar surface area (TPSA) is 97.1 Å². The van der Waals surface area contributed by atoms with Gasteiger partial charge < -0.3 is 11.1 Å². The number of primary amides is 1. The molecular formula is C14H14F2N4O2S. The van der Waals surface area contributed by atoms with E-state index >= 15 is 0 Å². The normalized spacial score (nSPS) is 12.0. The average Bonchev–Trinajstić information content (AvgIpc) is 2.95. The summed E-state index contributed by atoms with van der Waals surface area (Å²) in [5, 5.41) is 5.56. The van der Waals surface area contributed by atoms with E-state index in [0.717, 1.165) is 11.3 Å². The van der Waals surface area contributed by atoms with E-state index in [4.69, 9.17) is 5.73 Å². The van der Waals surface area contributed by atoms with Crippen LogP contribution in [0.1, 0.15) is 40.3 Å². The Morgan fingerprint density at radius 1 is 1.30 bits per heavy atom. The molecule has 3 amide bonds. The molecule has 0 aliphatic rings. The first-order chi connectivity index (χ1) is 10.9. The Bertz CT molecular complexity index is 720. The van der Waals surface area contributed by atoms with Crippen molar-refractivity contribution >= 4 is 28.3 Å². The summed E-state index contributed by atoms with van der Waals surface area (Å²) in [7, 11) is 0. The third kappa shape index (κ3) is 4.46. The van der Waals surface area contributed by atoms with Crippen molar-refractivity contribution in [3.8, 4) is 0 Å². The molecule has 2 rings (SSSR count). The predicted octanol–water partition coefficient (Wildman–Crippen LogP) is 3.06. The third-order valence-electron chi connectivity index (χ3n) is 2.96. The minimum Gasteiger partial charge on any atom is -0.364 e. The number of alkyl halides is 2. The quantitative estimate of drug-likeness (QED) is 0.780. The molecule has 0 aliphatic carbocycles. The maximum atomic E-state index is 12.7. The number of carbonyl (C=O) groups excluding carboxylic acids is 2. The van der Waals surface area contributed by atoms with E-state index in [1.807, 2.05) is 0 Å². The number of nitrogens with zero attached hydrogens (tertiary/aromatic N) is 1. The molecule has 0 spiro atoms. The first kappa shape index (κ1) is 16.8. The molecule has 0 aliphatic heterocycles. The van der Waals surface area contributed by atoms with Crippen LogP contribution >= 0.6 is 11.3 Å². The maximum Gasteiger partial charge on any atom is 0.320 e. The van der Waals surface area contributed by atoms with E-state index in [0.29, 0.717) is 10.6 Å². The van der Waals surface area contributed by atoms with E-state index in [9.17, 15) is 18.4 Å². The lowest BCUT2D eigenvalue weighted by atomic mass is 10.1. The van der Waals surface area contributed by atoms with Crippen LogP contribution in [0.2, 0.25) is 0 Å². The fraction of sp³-hybridized carbons (Fsp3) is 0.214. The summed E-state index contributed by atoms with van der Waals surface area (Å²) in [6.45, 7) is 1.67. The van der Waals surface area contributed by atoms with Gasteiger partial charge in [0, 0.05) is 5.56 Å². The molecular weight excluding hydrogens is 326 g/mol. The fourth-order valence-electron chi connectivity index (χ4n) is 1.84. The standard InChI is InChI=1S/C14H14F2N4O2S/c1-7(8-3-2-4-9(5-8)11(15)16)19-14(22)20-10-6-18-13(23-10)12(17)21/h2-7,11H,1H3,(H2,17,21)(H2,19,20,22). The van der Waals surface area contributed by atoms with Crippen molar-refractivity contribution in [1.29, 1.82) is 0 Å². The SMILES string of the molecule is CC(NC(=O)Nc1cnc(C(N)=O)s1)c1cccc(C(F)F)c1. The van der Waals surface area contributed by atoms with Crippen molar-refractivity contribution in [3.63, 3.8) is 0 Å². The van der Waals surface area contributed by atoms with Gasteiger partial charge in [0.25, 0.3) is 12.3 Å². The van der Waals surface area contributed by atoms with Gasteiger partial charge in [-0.05, 0) is 18.6 Å². The van der Waals surface area contributed by atoms with Crippen molar-refractivity contribution in [2.24, 2.45) is 5.73 Å². The van der Waals surface area contributed by atoms with Crippen LogP contribution in [0.4, 0.5) is 18.6 Å². The van der Waals surface area contributed by atoms with Gasteiger partial charge in [-0.15, -0.1) is 0 Å². The average molecular weight is 340 g/mol. The van der Waals surface area contributed by atoms with Crippen molar-refractivity contribution < 1.29 is 18.4 Å². The lowest BCUT2D eigenvalue weighted by Gasteiger charge is -2.15. The first-order valence-electron chi connectivity index (χ1n) is 6.58. The number of benzene rings is 1. The van der Waals surface area contributed by atoms with Crippen LogP contribution in [0.15, 0.2) is 30.5 Å². The van der Waals surface area contributed by atoms with Crippen molar-refractivity contribution in [2.75, 3.05) is 5.32 Å². The Morgan fingerprint density at radius 3 is 2.61 bits per heavy atom. The van der Waals surface area contributed by atoms with Crippen LogP contribution in [0.3, 0.4) is 0 Å². The predicted molar refractivity (Wildman–Crippen MR) is 82.6 cm³/mol. The van der Waals surface area contributed by atoms with E-state index in [-0.39, 0.29) is 10.6 Å².